The number of aryl methyl sites for hydroxylation is 2. The Morgan fingerprint density at radius 3 is 2.80 bits per heavy atom. The summed E-state index contributed by atoms with van der Waals surface area (Å²) in [5, 5.41) is 3.43. The van der Waals surface area contributed by atoms with Crippen molar-refractivity contribution in [3.8, 4) is 0 Å². The van der Waals surface area contributed by atoms with Gasteiger partial charge in [0, 0.05) is 19.4 Å². The quantitative estimate of drug-likeness (QED) is 0.792. The third kappa shape index (κ3) is 2.22. The zero-order valence-electron chi connectivity index (χ0n) is 11.8. The van der Waals surface area contributed by atoms with E-state index in [1.54, 1.807) is 6.20 Å². The molecule has 0 aliphatic carbocycles. The van der Waals surface area contributed by atoms with Gasteiger partial charge in [0.25, 0.3) is 0 Å². The van der Waals surface area contributed by atoms with Gasteiger partial charge in [-0.25, -0.2) is 9.97 Å². The maximum atomic E-state index is 4.53. The number of anilines is 1. The molecule has 0 aliphatic heterocycles. The minimum absolute atomic E-state index is 0.0867. The predicted molar refractivity (Wildman–Crippen MR) is 79.5 cm³/mol. The van der Waals surface area contributed by atoms with Gasteiger partial charge in [-0.15, -0.1) is 0 Å². The van der Waals surface area contributed by atoms with E-state index in [1.165, 1.54) is 0 Å². The Balaban J connectivity index is 2.00. The van der Waals surface area contributed by atoms with Crippen molar-refractivity contribution in [2.45, 2.75) is 19.9 Å². The summed E-state index contributed by atoms with van der Waals surface area (Å²) >= 11 is 0. The number of hydrogen-bond acceptors (Lipinski definition) is 4. The minimum Gasteiger partial charge on any atom is -0.360 e. The molecule has 5 nitrogen and oxygen atoms in total. The second-order valence-corrected chi connectivity index (χ2v) is 4.90. The van der Waals surface area contributed by atoms with E-state index in [-0.39, 0.29) is 6.04 Å². The lowest BCUT2D eigenvalue weighted by atomic mass is 10.2. The van der Waals surface area contributed by atoms with Gasteiger partial charge in [-0.2, -0.15) is 0 Å². The molecule has 1 atom stereocenters. The van der Waals surface area contributed by atoms with Crippen LogP contribution in [0.1, 0.15) is 24.5 Å². The van der Waals surface area contributed by atoms with E-state index in [1.807, 2.05) is 49.0 Å². The van der Waals surface area contributed by atoms with Gasteiger partial charge in [-0.05, 0) is 32.0 Å². The number of aromatic nitrogens is 4. The van der Waals surface area contributed by atoms with Gasteiger partial charge in [-0.3, -0.25) is 4.98 Å². The highest BCUT2D eigenvalue weighted by Crippen LogP contribution is 2.24. The van der Waals surface area contributed by atoms with Crippen LogP contribution in [-0.2, 0) is 7.05 Å². The van der Waals surface area contributed by atoms with Crippen LogP contribution in [0.15, 0.2) is 36.7 Å². The summed E-state index contributed by atoms with van der Waals surface area (Å²) in [4.78, 5) is 13.4. The Labute approximate surface area is 117 Å². The maximum absolute atomic E-state index is 4.53. The number of pyridine rings is 1. The monoisotopic (exact) mass is 267 g/mol. The summed E-state index contributed by atoms with van der Waals surface area (Å²) in [5.41, 5.74) is 2.96. The van der Waals surface area contributed by atoms with Crippen molar-refractivity contribution < 1.29 is 0 Å². The third-order valence-corrected chi connectivity index (χ3v) is 3.32. The summed E-state index contributed by atoms with van der Waals surface area (Å²) in [6.45, 7) is 3.98. The lowest BCUT2D eigenvalue weighted by molar-refractivity contribution is 0.827. The van der Waals surface area contributed by atoms with Gasteiger partial charge in [0.05, 0.1) is 17.3 Å². The average molecular weight is 267 g/mol. The molecule has 102 valence electrons. The van der Waals surface area contributed by atoms with Crippen molar-refractivity contribution in [1.82, 2.24) is 19.5 Å². The van der Waals surface area contributed by atoms with Crippen LogP contribution in [-0.4, -0.2) is 19.5 Å². The molecule has 0 bridgehead atoms. The van der Waals surface area contributed by atoms with Crippen molar-refractivity contribution in [3.63, 3.8) is 0 Å². The van der Waals surface area contributed by atoms with Gasteiger partial charge < -0.3 is 9.88 Å². The fourth-order valence-electron chi connectivity index (χ4n) is 2.32. The third-order valence-electron chi connectivity index (χ3n) is 3.32. The molecule has 1 unspecified atom stereocenters. The first kappa shape index (κ1) is 12.6. The van der Waals surface area contributed by atoms with E-state index in [2.05, 4.69) is 27.2 Å². The van der Waals surface area contributed by atoms with Crippen molar-refractivity contribution in [2.75, 3.05) is 5.32 Å². The molecule has 0 aliphatic rings. The van der Waals surface area contributed by atoms with Crippen molar-refractivity contribution in [2.24, 2.45) is 7.05 Å². The standard InChI is InChI=1S/C15H17N5/c1-10(12-6-4-5-8-16-12)17-15-14-13(7-9-20(14)3)18-11(2)19-15/h4-10H,1-3H3,(H,17,18,19). The summed E-state index contributed by atoms with van der Waals surface area (Å²) in [5.74, 6) is 1.61. The van der Waals surface area contributed by atoms with E-state index in [9.17, 15) is 0 Å². The lowest BCUT2D eigenvalue weighted by Gasteiger charge is -2.15. The number of nitrogens with one attached hydrogen (secondary N) is 1. The Morgan fingerprint density at radius 2 is 2.05 bits per heavy atom. The zero-order valence-corrected chi connectivity index (χ0v) is 11.8. The van der Waals surface area contributed by atoms with Crippen LogP contribution in [0.2, 0.25) is 0 Å². The number of fused-ring (bicyclic) bond motifs is 1. The van der Waals surface area contributed by atoms with Gasteiger partial charge in [-0.1, -0.05) is 6.07 Å². The summed E-state index contributed by atoms with van der Waals surface area (Å²) < 4.78 is 2.03. The number of nitrogens with zero attached hydrogens (tertiary/aromatic N) is 4. The molecule has 3 heterocycles. The van der Waals surface area contributed by atoms with Crippen LogP contribution in [0.25, 0.3) is 11.0 Å². The molecular formula is C15H17N5. The number of rotatable bonds is 3. The predicted octanol–water partition coefficient (Wildman–Crippen LogP) is 2.84. The molecule has 20 heavy (non-hydrogen) atoms. The largest absolute Gasteiger partial charge is 0.360 e. The molecule has 0 aromatic carbocycles. The van der Waals surface area contributed by atoms with Gasteiger partial charge >= 0.3 is 0 Å². The van der Waals surface area contributed by atoms with Gasteiger partial charge in [0.2, 0.25) is 0 Å². The summed E-state index contributed by atoms with van der Waals surface area (Å²) in [7, 11) is 2.00. The summed E-state index contributed by atoms with van der Waals surface area (Å²) in [6.07, 6.45) is 3.80. The van der Waals surface area contributed by atoms with Gasteiger partial charge in [0.15, 0.2) is 5.82 Å². The lowest BCUT2D eigenvalue weighted by Crippen LogP contribution is -2.11. The Kier molecular flexibility index (Phi) is 3.10. The van der Waals surface area contributed by atoms with Crippen molar-refractivity contribution >= 4 is 16.9 Å². The molecule has 0 spiro atoms. The van der Waals surface area contributed by atoms with Crippen LogP contribution in [0.4, 0.5) is 5.82 Å². The molecule has 3 aromatic heterocycles. The van der Waals surface area contributed by atoms with E-state index >= 15 is 0 Å². The normalized spacial score (nSPS) is 12.6. The molecule has 3 aromatic rings. The fourth-order valence-corrected chi connectivity index (χ4v) is 2.32. The first-order valence-electron chi connectivity index (χ1n) is 6.62. The van der Waals surface area contributed by atoms with E-state index in [4.69, 9.17) is 0 Å². The highest BCUT2D eigenvalue weighted by molar-refractivity contribution is 5.86. The molecule has 0 amide bonds. The second-order valence-electron chi connectivity index (χ2n) is 4.90. The van der Waals surface area contributed by atoms with E-state index in [0.717, 1.165) is 28.4 Å². The minimum atomic E-state index is 0.0867. The molecule has 3 rings (SSSR count). The van der Waals surface area contributed by atoms with Crippen LogP contribution >= 0.6 is 0 Å². The number of hydrogen-bond donors (Lipinski definition) is 1. The Morgan fingerprint density at radius 1 is 1.20 bits per heavy atom. The maximum Gasteiger partial charge on any atom is 0.154 e. The first-order valence-corrected chi connectivity index (χ1v) is 6.62. The van der Waals surface area contributed by atoms with Crippen LogP contribution in [0, 0.1) is 6.92 Å². The SMILES string of the molecule is Cc1nc(NC(C)c2ccccn2)c2c(ccn2C)n1. The van der Waals surface area contributed by atoms with Crippen LogP contribution in [0.5, 0.6) is 0 Å². The summed E-state index contributed by atoms with van der Waals surface area (Å²) in [6, 6.07) is 8.00. The highest BCUT2D eigenvalue weighted by atomic mass is 15.1. The molecule has 0 fully saturated rings. The fraction of sp³-hybridized carbons (Fsp3) is 0.267. The first-order chi connectivity index (χ1) is 9.65. The second kappa shape index (κ2) is 4.92. The molecule has 0 saturated heterocycles. The molecular weight excluding hydrogens is 250 g/mol. The van der Waals surface area contributed by atoms with E-state index in [0.29, 0.717) is 0 Å². The topological polar surface area (TPSA) is 55.6 Å². The molecule has 1 N–H and O–H groups in total. The van der Waals surface area contributed by atoms with Crippen LogP contribution < -0.4 is 5.32 Å². The smallest absolute Gasteiger partial charge is 0.154 e. The average Bonchev–Trinajstić information content (AvgIpc) is 2.81. The van der Waals surface area contributed by atoms with Crippen molar-refractivity contribution in [1.29, 1.82) is 0 Å². The van der Waals surface area contributed by atoms with E-state index < -0.39 is 0 Å². The molecule has 0 saturated carbocycles. The Hall–Kier alpha value is -2.43. The van der Waals surface area contributed by atoms with Gasteiger partial charge in [0.1, 0.15) is 11.3 Å². The zero-order chi connectivity index (χ0) is 14.1. The highest BCUT2D eigenvalue weighted by Gasteiger charge is 2.13. The molecule has 5 heteroatoms. The van der Waals surface area contributed by atoms with Crippen molar-refractivity contribution in [3.05, 3.63) is 48.2 Å². The van der Waals surface area contributed by atoms with Crippen LogP contribution in [0.3, 0.4) is 0 Å². The Bertz CT molecular complexity index is 733. The molecule has 0 radical (unpaired) electrons.